The highest BCUT2D eigenvalue weighted by molar-refractivity contribution is 7.89. The molecule has 2 aromatic rings. The van der Waals surface area contributed by atoms with E-state index in [9.17, 15) is 16.8 Å². The summed E-state index contributed by atoms with van der Waals surface area (Å²) >= 11 is 12.3. The molecule has 0 aliphatic carbocycles. The normalized spacial score (nSPS) is 15.7. The van der Waals surface area contributed by atoms with Gasteiger partial charge < -0.3 is 18.9 Å². The molecule has 0 amide bonds. The number of piperazine rings is 1. The average Bonchev–Trinajstić information content (AvgIpc) is 2.83. The number of sulfonamides is 2. The first-order valence-electron chi connectivity index (χ1n) is 9.84. The number of hydrogen-bond donors (Lipinski definition) is 0. The van der Waals surface area contributed by atoms with Crippen molar-refractivity contribution in [1.82, 2.24) is 8.61 Å². The molecule has 2 aromatic carbocycles. The number of nitrogens with zero attached hydrogens (tertiary/aromatic N) is 2. The standard InChI is InChI=1S/C20H24Cl2N2O8S2/c1-29-15-11-17(31-3)19(9-13(15)21)33(25,26)23-5-7-24(8-6-23)34(27,28)20-10-14(22)16(30-2)12-18(20)32-4/h9-12H,5-8H2,1-4H3. The van der Waals surface area contributed by atoms with Crippen LogP contribution in [-0.4, -0.2) is 80.1 Å². The van der Waals surface area contributed by atoms with E-state index in [1.807, 2.05) is 0 Å². The molecule has 1 aliphatic rings. The molecule has 0 radical (unpaired) electrons. The van der Waals surface area contributed by atoms with E-state index in [2.05, 4.69) is 0 Å². The lowest BCUT2D eigenvalue weighted by molar-refractivity contribution is 0.271. The highest BCUT2D eigenvalue weighted by atomic mass is 35.5. The summed E-state index contributed by atoms with van der Waals surface area (Å²) in [5.74, 6) is 0.656. The van der Waals surface area contributed by atoms with Crippen LogP contribution in [-0.2, 0) is 20.0 Å². The molecule has 0 spiro atoms. The Morgan fingerprint density at radius 2 is 0.882 bits per heavy atom. The monoisotopic (exact) mass is 554 g/mol. The van der Waals surface area contributed by atoms with Gasteiger partial charge in [0, 0.05) is 38.3 Å². The van der Waals surface area contributed by atoms with Gasteiger partial charge in [0.25, 0.3) is 0 Å². The van der Waals surface area contributed by atoms with Crippen LogP contribution in [0, 0.1) is 0 Å². The number of benzene rings is 2. The van der Waals surface area contributed by atoms with Crippen molar-refractivity contribution < 1.29 is 35.8 Å². The molecule has 34 heavy (non-hydrogen) atoms. The number of methoxy groups -OCH3 is 4. The van der Waals surface area contributed by atoms with Gasteiger partial charge in [-0.15, -0.1) is 0 Å². The van der Waals surface area contributed by atoms with Crippen molar-refractivity contribution in [3.8, 4) is 23.0 Å². The summed E-state index contributed by atoms with van der Waals surface area (Å²) in [5, 5.41) is 0.207. The smallest absolute Gasteiger partial charge is 0.246 e. The third kappa shape index (κ3) is 4.88. The van der Waals surface area contributed by atoms with Gasteiger partial charge in [0.1, 0.15) is 32.8 Å². The number of rotatable bonds is 8. The summed E-state index contributed by atoms with van der Waals surface area (Å²) in [6.07, 6.45) is 0. The Morgan fingerprint density at radius 1 is 0.588 bits per heavy atom. The first-order valence-corrected chi connectivity index (χ1v) is 13.5. The van der Waals surface area contributed by atoms with E-state index in [4.69, 9.17) is 42.1 Å². The fourth-order valence-corrected chi connectivity index (χ4v) is 7.28. The molecule has 1 heterocycles. The number of halogens is 2. The lowest BCUT2D eigenvalue weighted by atomic mass is 10.3. The minimum Gasteiger partial charge on any atom is -0.495 e. The molecule has 0 N–H and O–H groups in total. The molecule has 1 aliphatic heterocycles. The maximum Gasteiger partial charge on any atom is 0.246 e. The Balaban J connectivity index is 1.87. The quantitative estimate of drug-likeness (QED) is 0.489. The molecular formula is C20H24Cl2N2O8S2. The summed E-state index contributed by atoms with van der Waals surface area (Å²) in [4.78, 5) is -0.276. The van der Waals surface area contributed by atoms with Crippen molar-refractivity contribution in [3.63, 3.8) is 0 Å². The lowest BCUT2D eigenvalue weighted by Crippen LogP contribution is -2.50. The molecule has 0 aromatic heterocycles. The largest absolute Gasteiger partial charge is 0.495 e. The molecule has 10 nitrogen and oxygen atoms in total. The summed E-state index contributed by atoms with van der Waals surface area (Å²) < 4.78 is 76.2. The first-order chi connectivity index (χ1) is 16.0. The van der Waals surface area contributed by atoms with E-state index in [-0.39, 0.29) is 69.0 Å². The van der Waals surface area contributed by atoms with Gasteiger partial charge in [-0.1, -0.05) is 23.2 Å². The molecule has 14 heteroatoms. The van der Waals surface area contributed by atoms with Gasteiger partial charge in [0.15, 0.2) is 0 Å². The lowest BCUT2D eigenvalue weighted by Gasteiger charge is -2.33. The fraction of sp³-hybridized carbons (Fsp3) is 0.400. The zero-order valence-electron chi connectivity index (χ0n) is 18.9. The molecule has 0 saturated carbocycles. The van der Waals surface area contributed by atoms with Crippen LogP contribution in [0.4, 0.5) is 0 Å². The van der Waals surface area contributed by atoms with Gasteiger partial charge >= 0.3 is 0 Å². The predicted octanol–water partition coefficient (Wildman–Crippen LogP) is 2.72. The highest BCUT2D eigenvalue weighted by Crippen LogP contribution is 2.38. The Kier molecular flexibility index (Phi) is 8.10. The average molecular weight is 555 g/mol. The Bertz CT molecular complexity index is 1180. The zero-order valence-corrected chi connectivity index (χ0v) is 22.0. The van der Waals surface area contributed by atoms with Gasteiger partial charge in [-0.25, -0.2) is 16.8 Å². The second-order valence-electron chi connectivity index (χ2n) is 7.08. The molecule has 1 fully saturated rings. The van der Waals surface area contributed by atoms with Crippen LogP contribution in [0.25, 0.3) is 0 Å². The van der Waals surface area contributed by atoms with Crippen molar-refractivity contribution in [1.29, 1.82) is 0 Å². The Hall–Kier alpha value is -1.96. The molecule has 0 atom stereocenters. The molecule has 3 rings (SSSR count). The Labute approximate surface area is 209 Å². The second-order valence-corrected chi connectivity index (χ2v) is 11.7. The van der Waals surface area contributed by atoms with Crippen LogP contribution in [0.2, 0.25) is 10.0 Å². The SMILES string of the molecule is COc1cc(OC)c(S(=O)(=O)N2CCN(S(=O)(=O)c3cc(Cl)c(OC)cc3OC)CC2)cc1Cl. The van der Waals surface area contributed by atoms with Crippen molar-refractivity contribution in [3.05, 3.63) is 34.3 Å². The summed E-state index contributed by atoms with van der Waals surface area (Å²) in [7, 11) is -2.59. The summed E-state index contributed by atoms with van der Waals surface area (Å²) in [5.41, 5.74) is 0. The van der Waals surface area contributed by atoms with E-state index < -0.39 is 20.0 Å². The van der Waals surface area contributed by atoms with E-state index in [1.165, 1.54) is 61.3 Å². The van der Waals surface area contributed by atoms with Crippen molar-refractivity contribution in [2.75, 3.05) is 54.6 Å². The van der Waals surface area contributed by atoms with Gasteiger partial charge in [-0.3, -0.25) is 0 Å². The van der Waals surface area contributed by atoms with E-state index in [0.29, 0.717) is 0 Å². The summed E-state index contributed by atoms with van der Waals surface area (Å²) in [6.45, 7) is -0.331. The van der Waals surface area contributed by atoms with Crippen molar-refractivity contribution in [2.45, 2.75) is 9.79 Å². The maximum atomic E-state index is 13.3. The third-order valence-corrected chi connectivity index (χ3v) is 9.74. The van der Waals surface area contributed by atoms with Gasteiger partial charge in [-0.05, 0) is 12.1 Å². The van der Waals surface area contributed by atoms with E-state index in [0.717, 1.165) is 0 Å². The molecule has 0 unspecified atom stereocenters. The molecule has 1 saturated heterocycles. The van der Waals surface area contributed by atoms with Gasteiger partial charge in [0.05, 0.1) is 38.5 Å². The van der Waals surface area contributed by atoms with Crippen LogP contribution in [0.1, 0.15) is 0 Å². The van der Waals surface area contributed by atoms with Crippen LogP contribution < -0.4 is 18.9 Å². The Morgan fingerprint density at radius 3 is 1.15 bits per heavy atom. The molecule has 188 valence electrons. The number of ether oxygens (including phenoxy) is 4. The second kappa shape index (κ2) is 10.3. The maximum absolute atomic E-state index is 13.3. The third-order valence-electron chi connectivity index (χ3n) is 5.31. The van der Waals surface area contributed by atoms with E-state index in [1.54, 1.807) is 0 Å². The van der Waals surface area contributed by atoms with Gasteiger partial charge in [0.2, 0.25) is 20.0 Å². The summed E-state index contributed by atoms with van der Waals surface area (Å²) in [6, 6.07) is 5.27. The van der Waals surface area contributed by atoms with E-state index >= 15 is 0 Å². The topological polar surface area (TPSA) is 112 Å². The van der Waals surface area contributed by atoms with Crippen LogP contribution in [0.3, 0.4) is 0 Å². The molecular weight excluding hydrogens is 531 g/mol. The van der Waals surface area contributed by atoms with Crippen molar-refractivity contribution in [2.24, 2.45) is 0 Å². The predicted molar refractivity (Wildman–Crippen MR) is 127 cm³/mol. The minimum atomic E-state index is -4.03. The fourth-order valence-electron chi connectivity index (χ4n) is 3.50. The minimum absolute atomic E-state index is 0.0638. The first kappa shape index (κ1) is 26.6. The van der Waals surface area contributed by atoms with Crippen LogP contribution in [0.5, 0.6) is 23.0 Å². The van der Waals surface area contributed by atoms with Gasteiger partial charge in [-0.2, -0.15) is 8.61 Å². The zero-order chi connectivity index (χ0) is 25.3. The van der Waals surface area contributed by atoms with Crippen LogP contribution in [0.15, 0.2) is 34.1 Å². The highest BCUT2D eigenvalue weighted by Gasteiger charge is 2.37. The number of hydrogen-bond acceptors (Lipinski definition) is 8. The van der Waals surface area contributed by atoms with Crippen molar-refractivity contribution >= 4 is 43.2 Å². The molecule has 0 bridgehead atoms. The van der Waals surface area contributed by atoms with Crippen LogP contribution >= 0.6 is 23.2 Å².